The van der Waals surface area contributed by atoms with Crippen LogP contribution in [0.5, 0.6) is 0 Å². The van der Waals surface area contributed by atoms with E-state index in [1.165, 1.54) is 13.5 Å². The number of carbonyl (C=O) groups is 1. The molecule has 0 spiro atoms. The molecule has 0 aliphatic heterocycles. The predicted molar refractivity (Wildman–Crippen MR) is 90.8 cm³/mol. The molecule has 0 N–H and O–H groups in total. The van der Waals surface area contributed by atoms with E-state index in [1.807, 2.05) is 60.3 Å². The fraction of sp³-hybridized carbons (Fsp3) is 0.158. The molecule has 1 atom stereocenters. The van der Waals surface area contributed by atoms with Gasteiger partial charge in [-0.15, -0.1) is 0 Å². The molecule has 120 valence electrons. The van der Waals surface area contributed by atoms with Crippen LogP contribution in [0, 0.1) is 0 Å². The molecule has 0 aliphatic carbocycles. The molecule has 0 saturated carbocycles. The second-order valence-corrected chi connectivity index (χ2v) is 5.75. The van der Waals surface area contributed by atoms with Crippen LogP contribution in [0.3, 0.4) is 0 Å². The van der Waals surface area contributed by atoms with Gasteiger partial charge in [0.1, 0.15) is 11.4 Å². The molecule has 0 radical (unpaired) electrons. The summed E-state index contributed by atoms with van der Waals surface area (Å²) in [6.07, 6.45) is 3.39. The van der Waals surface area contributed by atoms with Crippen LogP contribution in [0.1, 0.15) is 17.0 Å². The first-order valence-corrected chi connectivity index (χ1v) is 7.64. The van der Waals surface area contributed by atoms with Crippen LogP contribution in [0.25, 0.3) is 22.0 Å². The third-order valence-electron chi connectivity index (χ3n) is 4.36. The number of para-hydroxylation sites is 1. The number of aromatic nitrogens is 2. The van der Waals surface area contributed by atoms with Crippen LogP contribution in [0.15, 0.2) is 59.5 Å². The number of oxazole rings is 1. The van der Waals surface area contributed by atoms with Gasteiger partial charge in [-0.3, -0.25) is 4.79 Å². The van der Waals surface area contributed by atoms with Gasteiger partial charge in [0.25, 0.3) is 0 Å². The highest BCUT2D eigenvalue weighted by Crippen LogP contribution is 2.34. The number of esters is 1. The smallest absolute Gasteiger partial charge is 0.317 e. The van der Waals surface area contributed by atoms with E-state index in [4.69, 9.17) is 9.15 Å². The first kappa shape index (κ1) is 14.5. The van der Waals surface area contributed by atoms with Gasteiger partial charge >= 0.3 is 5.97 Å². The third-order valence-corrected chi connectivity index (χ3v) is 4.36. The fourth-order valence-corrected chi connectivity index (χ4v) is 3.21. The van der Waals surface area contributed by atoms with E-state index in [9.17, 15) is 4.79 Å². The second kappa shape index (κ2) is 5.53. The first-order valence-electron chi connectivity index (χ1n) is 7.64. The van der Waals surface area contributed by atoms with E-state index in [0.717, 1.165) is 27.5 Å². The molecule has 0 amide bonds. The number of nitrogens with zero attached hydrogens (tertiary/aromatic N) is 2. The van der Waals surface area contributed by atoms with Gasteiger partial charge in [-0.2, -0.15) is 0 Å². The minimum atomic E-state index is -0.518. The minimum Gasteiger partial charge on any atom is -0.468 e. The van der Waals surface area contributed by atoms with Crippen LogP contribution in [0.4, 0.5) is 0 Å². The molecular weight excluding hydrogens is 304 g/mol. The van der Waals surface area contributed by atoms with Gasteiger partial charge in [0.05, 0.1) is 7.11 Å². The second-order valence-electron chi connectivity index (χ2n) is 5.75. The number of aryl methyl sites for hydroxylation is 1. The molecule has 0 saturated heterocycles. The Labute approximate surface area is 138 Å². The highest BCUT2D eigenvalue weighted by Gasteiger charge is 2.27. The van der Waals surface area contributed by atoms with Gasteiger partial charge in [0.2, 0.25) is 0 Å². The topological polar surface area (TPSA) is 57.3 Å². The summed E-state index contributed by atoms with van der Waals surface area (Å²) in [7, 11) is 3.38. The number of ether oxygens (including phenoxy) is 1. The van der Waals surface area contributed by atoms with Crippen molar-refractivity contribution in [2.75, 3.05) is 7.11 Å². The molecule has 4 aromatic rings. The van der Waals surface area contributed by atoms with Crippen molar-refractivity contribution in [3.05, 3.63) is 66.2 Å². The van der Waals surface area contributed by atoms with Crippen molar-refractivity contribution in [1.29, 1.82) is 0 Å². The van der Waals surface area contributed by atoms with Crippen LogP contribution >= 0.6 is 0 Å². The number of hydrogen-bond donors (Lipinski definition) is 0. The van der Waals surface area contributed by atoms with E-state index in [-0.39, 0.29) is 5.97 Å². The molecule has 2 aromatic heterocycles. The Morgan fingerprint density at radius 1 is 1.25 bits per heavy atom. The number of carbonyl (C=O) groups excluding carboxylic acids is 1. The Kier molecular flexibility index (Phi) is 3.34. The van der Waals surface area contributed by atoms with Crippen LogP contribution in [-0.2, 0) is 16.6 Å². The van der Waals surface area contributed by atoms with Gasteiger partial charge in [0, 0.05) is 24.1 Å². The van der Waals surface area contributed by atoms with E-state index >= 15 is 0 Å². The molecule has 5 nitrogen and oxygen atoms in total. The molecule has 4 rings (SSSR count). The normalized spacial score (nSPS) is 12.6. The van der Waals surface area contributed by atoms with E-state index < -0.39 is 5.92 Å². The zero-order chi connectivity index (χ0) is 16.7. The fourth-order valence-electron chi connectivity index (χ4n) is 3.21. The Balaban J connectivity index is 1.94. The SMILES string of the molecule is COC(=O)C(c1ccc2ncoc2c1)c1cn(C)c2ccccc12. The van der Waals surface area contributed by atoms with Crippen molar-refractivity contribution in [3.8, 4) is 0 Å². The average molecular weight is 320 g/mol. The Bertz CT molecular complexity index is 1050. The van der Waals surface area contributed by atoms with E-state index in [1.54, 1.807) is 0 Å². The summed E-state index contributed by atoms with van der Waals surface area (Å²) in [5.74, 6) is -0.819. The van der Waals surface area contributed by atoms with Crippen LogP contribution in [-0.4, -0.2) is 22.6 Å². The predicted octanol–water partition coefficient (Wildman–Crippen LogP) is 3.62. The van der Waals surface area contributed by atoms with Crippen molar-refractivity contribution < 1.29 is 13.9 Å². The number of hydrogen-bond acceptors (Lipinski definition) is 4. The summed E-state index contributed by atoms with van der Waals surface area (Å²) in [5.41, 5.74) is 4.23. The monoisotopic (exact) mass is 320 g/mol. The molecule has 5 heteroatoms. The highest BCUT2D eigenvalue weighted by molar-refractivity contribution is 5.93. The molecule has 24 heavy (non-hydrogen) atoms. The zero-order valence-corrected chi connectivity index (χ0v) is 13.4. The summed E-state index contributed by atoms with van der Waals surface area (Å²) in [4.78, 5) is 16.7. The van der Waals surface area contributed by atoms with Crippen molar-refractivity contribution >= 4 is 28.0 Å². The Hall–Kier alpha value is -3.08. The molecule has 0 fully saturated rings. The summed E-state index contributed by atoms with van der Waals surface area (Å²) in [6, 6.07) is 13.6. The Morgan fingerprint density at radius 3 is 2.92 bits per heavy atom. The highest BCUT2D eigenvalue weighted by atomic mass is 16.5. The molecule has 0 aliphatic rings. The van der Waals surface area contributed by atoms with Gasteiger partial charge < -0.3 is 13.7 Å². The van der Waals surface area contributed by atoms with Gasteiger partial charge in [0.15, 0.2) is 12.0 Å². The standard InChI is InChI=1S/C19H16N2O3/c1-21-10-14(13-5-3-4-6-16(13)21)18(19(22)23-2)12-7-8-15-17(9-12)24-11-20-15/h3-11,18H,1-2H3. The third kappa shape index (κ3) is 2.17. The number of benzene rings is 2. The van der Waals surface area contributed by atoms with Crippen molar-refractivity contribution in [3.63, 3.8) is 0 Å². The van der Waals surface area contributed by atoms with Crippen LogP contribution in [0.2, 0.25) is 0 Å². The maximum Gasteiger partial charge on any atom is 0.317 e. The average Bonchev–Trinajstić information content (AvgIpc) is 3.20. The van der Waals surface area contributed by atoms with E-state index in [0.29, 0.717) is 5.58 Å². The number of fused-ring (bicyclic) bond motifs is 2. The summed E-state index contributed by atoms with van der Waals surface area (Å²) in [5, 5.41) is 1.04. The minimum absolute atomic E-state index is 0.301. The van der Waals surface area contributed by atoms with Gasteiger partial charge in [-0.25, -0.2) is 4.98 Å². The summed E-state index contributed by atoms with van der Waals surface area (Å²) < 4.78 is 12.5. The quantitative estimate of drug-likeness (QED) is 0.541. The number of rotatable bonds is 3. The van der Waals surface area contributed by atoms with Gasteiger partial charge in [-0.1, -0.05) is 24.3 Å². The lowest BCUT2D eigenvalue weighted by Crippen LogP contribution is -2.15. The zero-order valence-electron chi connectivity index (χ0n) is 13.4. The number of methoxy groups -OCH3 is 1. The van der Waals surface area contributed by atoms with Crippen molar-refractivity contribution in [2.24, 2.45) is 7.05 Å². The van der Waals surface area contributed by atoms with Crippen LogP contribution < -0.4 is 0 Å². The largest absolute Gasteiger partial charge is 0.468 e. The van der Waals surface area contributed by atoms with E-state index in [2.05, 4.69) is 4.98 Å². The molecular formula is C19H16N2O3. The maximum atomic E-state index is 12.6. The lowest BCUT2D eigenvalue weighted by molar-refractivity contribution is -0.141. The lowest BCUT2D eigenvalue weighted by atomic mass is 9.91. The Morgan fingerprint density at radius 2 is 2.08 bits per heavy atom. The van der Waals surface area contributed by atoms with Gasteiger partial charge in [-0.05, 0) is 29.3 Å². The van der Waals surface area contributed by atoms with Crippen molar-refractivity contribution in [1.82, 2.24) is 9.55 Å². The lowest BCUT2D eigenvalue weighted by Gasteiger charge is -2.14. The molecule has 0 bridgehead atoms. The summed E-state index contributed by atoms with van der Waals surface area (Å²) >= 11 is 0. The maximum absolute atomic E-state index is 12.6. The molecule has 2 heterocycles. The molecule has 1 unspecified atom stereocenters. The van der Waals surface area contributed by atoms with Crippen molar-refractivity contribution in [2.45, 2.75) is 5.92 Å². The molecule has 2 aromatic carbocycles. The summed E-state index contributed by atoms with van der Waals surface area (Å²) in [6.45, 7) is 0. The first-order chi connectivity index (χ1) is 11.7.